The zero-order chi connectivity index (χ0) is 21.5. The van der Waals surface area contributed by atoms with Crippen LogP contribution in [0.5, 0.6) is 0 Å². The predicted octanol–water partition coefficient (Wildman–Crippen LogP) is 4.11. The minimum Gasteiger partial charge on any atom is -0.445 e. The van der Waals surface area contributed by atoms with Crippen molar-refractivity contribution in [3.05, 3.63) is 107 Å². The van der Waals surface area contributed by atoms with Crippen LogP contribution in [0.4, 0.5) is 4.79 Å². The highest BCUT2D eigenvalue weighted by atomic mass is 16.5. The van der Waals surface area contributed by atoms with Gasteiger partial charge in [-0.15, -0.1) is 0 Å². The van der Waals surface area contributed by atoms with Crippen molar-refractivity contribution in [2.45, 2.75) is 32.0 Å². The molecule has 1 aliphatic heterocycles. The van der Waals surface area contributed by atoms with E-state index in [-0.39, 0.29) is 12.5 Å². The number of amides is 2. The Morgan fingerprint density at radius 2 is 1.45 bits per heavy atom. The molecule has 158 valence electrons. The summed E-state index contributed by atoms with van der Waals surface area (Å²) >= 11 is 0. The highest BCUT2D eigenvalue weighted by Gasteiger charge is 2.29. The lowest BCUT2D eigenvalue weighted by atomic mass is 9.98. The first kappa shape index (κ1) is 20.7. The molecule has 1 aliphatic rings. The van der Waals surface area contributed by atoms with Gasteiger partial charge < -0.3 is 15.0 Å². The second kappa shape index (κ2) is 9.94. The molecule has 5 nitrogen and oxygen atoms in total. The molecule has 0 saturated heterocycles. The fraction of sp³-hybridized carbons (Fsp3) is 0.231. The number of hydrogen-bond acceptors (Lipinski definition) is 3. The number of carbonyl (C=O) groups is 2. The first-order valence-electron chi connectivity index (χ1n) is 10.6. The quantitative estimate of drug-likeness (QED) is 0.660. The average molecular weight is 415 g/mol. The molecule has 31 heavy (non-hydrogen) atoms. The van der Waals surface area contributed by atoms with E-state index < -0.39 is 12.1 Å². The van der Waals surface area contributed by atoms with Gasteiger partial charge in [0, 0.05) is 19.5 Å². The molecule has 4 rings (SSSR count). The summed E-state index contributed by atoms with van der Waals surface area (Å²) in [6.45, 7) is 1.36. The number of carbonyl (C=O) groups excluding carboxylic acids is 2. The van der Waals surface area contributed by atoms with Gasteiger partial charge in [-0.25, -0.2) is 4.79 Å². The molecule has 1 unspecified atom stereocenters. The summed E-state index contributed by atoms with van der Waals surface area (Å²) in [5.74, 6) is -0.0879. The lowest BCUT2D eigenvalue weighted by Gasteiger charge is -2.32. The molecule has 1 atom stereocenters. The zero-order valence-corrected chi connectivity index (χ0v) is 17.4. The van der Waals surface area contributed by atoms with Gasteiger partial charge in [-0.3, -0.25) is 4.79 Å². The molecule has 1 N–H and O–H groups in total. The molecule has 0 radical (unpaired) electrons. The highest BCUT2D eigenvalue weighted by molar-refractivity contribution is 5.86. The van der Waals surface area contributed by atoms with Crippen molar-refractivity contribution in [2.75, 3.05) is 6.54 Å². The van der Waals surface area contributed by atoms with Crippen LogP contribution in [0.3, 0.4) is 0 Å². The van der Waals surface area contributed by atoms with Crippen molar-refractivity contribution in [1.29, 1.82) is 0 Å². The van der Waals surface area contributed by atoms with Crippen molar-refractivity contribution in [3.8, 4) is 0 Å². The topological polar surface area (TPSA) is 58.6 Å². The van der Waals surface area contributed by atoms with Crippen molar-refractivity contribution in [1.82, 2.24) is 10.2 Å². The van der Waals surface area contributed by atoms with Gasteiger partial charge in [0.2, 0.25) is 5.91 Å². The molecule has 0 aliphatic carbocycles. The van der Waals surface area contributed by atoms with Crippen molar-refractivity contribution < 1.29 is 14.3 Å². The lowest BCUT2D eigenvalue weighted by molar-refractivity contribution is -0.134. The molecular weight excluding hydrogens is 388 g/mol. The van der Waals surface area contributed by atoms with E-state index in [2.05, 4.69) is 17.4 Å². The monoisotopic (exact) mass is 414 g/mol. The molecule has 3 aromatic rings. The van der Waals surface area contributed by atoms with Crippen LogP contribution in [0, 0.1) is 0 Å². The van der Waals surface area contributed by atoms with Crippen LogP contribution >= 0.6 is 0 Å². The van der Waals surface area contributed by atoms with Gasteiger partial charge in [0.05, 0.1) is 0 Å². The Balaban J connectivity index is 1.44. The minimum atomic E-state index is -0.684. The molecule has 5 heteroatoms. The zero-order valence-electron chi connectivity index (χ0n) is 17.4. The van der Waals surface area contributed by atoms with E-state index in [4.69, 9.17) is 4.74 Å². The van der Waals surface area contributed by atoms with Gasteiger partial charge in [-0.1, -0.05) is 84.9 Å². The van der Waals surface area contributed by atoms with Gasteiger partial charge in [0.25, 0.3) is 0 Å². The van der Waals surface area contributed by atoms with Crippen LogP contribution in [0.1, 0.15) is 22.3 Å². The van der Waals surface area contributed by atoms with Crippen molar-refractivity contribution in [3.63, 3.8) is 0 Å². The van der Waals surface area contributed by atoms with Crippen LogP contribution in [0.25, 0.3) is 0 Å². The Morgan fingerprint density at radius 1 is 0.839 bits per heavy atom. The summed E-state index contributed by atoms with van der Waals surface area (Å²) in [5, 5.41) is 2.80. The smallest absolute Gasteiger partial charge is 0.408 e. The molecule has 0 spiro atoms. The number of rotatable bonds is 6. The molecule has 2 amide bonds. The normalized spacial score (nSPS) is 13.7. The third kappa shape index (κ3) is 5.51. The lowest BCUT2D eigenvalue weighted by Crippen LogP contribution is -2.51. The Morgan fingerprint density at radius 3 is 2.16 bits per heavy atom. The van der Waals surface area contributed by atoms with Gasteiger partial charge in [-0.05, 0) is 28.7 Å². The largest absolute Gasteiger partial charge is 0.445 e. The van der Waals surface area contributed by atoms with Crippen LogP contribution in [0.2, 0.25) is 0 Å². The van der Waals surface area contributed by atoms with Crippen LogP contribution in [-0.4, -0.2) is 29.5 Å². The van der Waals surface area contributed by atoms with Gasteiger partial charge in [-0.2, -0.15) is 0 Å². The second-order valence-corrected chi connectivity index (χ2v) is 7.73. The number of alkyl carbamates (subject to hydrolysis) is 1. The summed E-state index contributed by atoms with van der Waals surface area (Å²) in [6.07, 6.45) is 0.645. The Bertz CT molecular complexity index is 1020. The van der Waals surface area contributed by atoms with E-state index >= 15 is 0 Å². The van der Waals surface area contributed by atoms with Crippen molar-refractivity contribution in [2.24, 2.45) is 0 Å². The van der Waals surface area contributed by atoms with E-state index in [1.165, 1.54) is 5.56 Å². The van der Waals surface area contributed by atoms with E-state index in [0.29, 0.717) is 19.5 Å². The standard InChI is InChI=1S/C26H26N2O3/c29-25(28-16-15-22-13-7-8-14-23(22)18-28)24(17-20-9-3-1-4-10-20)27-26(30)31-19-21-11-5-2-6-12-21/h1-14,24H,15-19H2,(H,27,30). The van der Waals surface area contributed by atoms with E-state index in [9.17, 15) is 9.59 Å². The van der Waals surface area contributed by atoms with Gasteiger partial charge in [0.1, 0.15) is 12.6 Å². The first-order chi connectivity index (χ1) is 15.2. The van der Waals surface area contributed by atoms with E-state index in [1.807, 2.05) is 77.7 Å². The van der Waals surface area contributed by atoms with Crippen molar-refractivity contribution >= 4 is 12.0 Å². The predicted molar refractivity (Wildman–Crippen MR) is 119 cm³/mol. The molecular formula is C26H26N2O3. The molecule has 0 fully saturated rings. The second-order valence-electron chi connectivity index (χ2n) is 7.73. The molecule has 0 saturated carbocycles. The number of nitrogens with one attached hydrogen (secondary N) is 1. The third-order valence-corrected chi connectivity index (χ3v) is 5.53. The molecule has 1 heterocycles. The minimum absolute atomic E-state index is 0.0879. The average Bonchev–Trinajstić information content (AvgIpc) is 2.83. The summed E-state index contributed by atoms with van der Waals surface area (Å²) in [5.41, 5.74) is 4.33. The van der Waals surface area contributed by atoms with Crippen LogP contribution in [0.15, 0.2) is 84.9 Å². The molecule has 0 aromatic heterocycles. The van der Waals surface area contributed by atoms with E-state index in [0.717, 1.165) is 23.1 Å². The molecule has 3 aromatic carbocycles. The third-order valence-electron chi connectivity index (χ3n) is 5.53. The fourth-order valence-electron chi connectivity index (χ4n) is 3.86. The first-order valence-corrected chi connectivity index (χ1v) is 10.6. The maximum Gasteiger partial charge on any atom is 0.408 e. The van der Waals surface area contributed by atoms with Crippen LogP contribution in [-0.2, 0) is 35.5 Å². The fourth-order valence-corrected chi connectivity index (χ4v) is 3.86. The SMILES string of the molecule is O=C(NC(Cc1ccccc1)C(=O)N1CCc2ccccc2C1)OCc1ccccc1. The Labute approximate surface area is 182 Å². The number of nitrogens with zero attached hydrogens (tertiary/aromatic N) is 1. The molecule has 0 bridgehead atoms. The number of fused-ring (bicyclic) bond motifs is 1. The Hall–Kier alpha value is -3.60. The number of benzene rings is 3. The highest BCUT2D eigenvalue weighted by Crippen LogP contribution is 2.20. The van der Waals surface area contributed by atoms with Crippen LogP contribution < -0.4 is 5.32 Å². The maximum absolute atomic E-state index is 13.4. The Kier molecular flexibility index (Phi) is 6.62. The van der Waals surface area contributed by atoms with Gasteiger partial charge in [0.15, 0.2) is 0 Å². The van der Waals surface area contributed by atoms with E-state index in [1.54, 1.807) is 0 Å². The number of hydrogen-bond donors (Lipinski definition) is 1. The number of ether oxygens (including phenoxy) is 1. The maximum atomic E-state index is 13.4. The summed E-state index contributed by atoms with van der Waals surface area (Å²) in [6, 6.07) is 26.7. The summed E-state index contributed by atoms with van der Waals surface area (Å²) in [7, 11) is 0. The summed E-state index contributed by atoms with van der Waals surface area (Å²) < 4.78 is 5.37. The van der Waals surface area contributed by atoms with Gasteiger partial charge >= 0.3 is 6.09 Å². The summed E-state index contributed by atoms with van der Waals surface area (Å²) in [4.78, 5) is 27.7.